The molecule has 0 spiro atoms. The highest BCUT2D eigenvalue weighted by molar-refractivity contribution is 5.95. The molecule has 0 radical (unpaired) electrons. The second kappa shape index (κ2) is 4.94. The molecule has 0 aliphatic rings. The molecular weight excluding hydrogens is 238 g/mol. The van der Waals surface area contributed by atoms with Crippen molar-refractivity contribution in [2.45, 2.75) is 0 Å². The van der Waals surface area contributed by atoms with Gasteiger partial charge in [0.25, 0.3) is 0 Å². The van der Waals surface area contributed by atoms with Gasteiger partial charge in [-0.05, 0) is 24.3 Å². The highest BCUT2D eigenvalue weighted by Crippen LogP contribution is 2.28. The van der Waals surface area contributed by atoms with E-state index in [4.69, 9.17) is 4.74 Å². The summed E-state index contributed by atoms with van der Waals surface area (Å²) in [6.07, 6.45) is 3.47. The van der Waals surface area contributed by atoms with Gasteiger partial charge in [0.2, 0.25) is 5.88 Å². The second-order valence-corrected chi connectivity index (χ2v) is 4.07. The first kappa shape index (κ1) is 11.5. The smallest absolute Gasteiger partial charge is 0.240 e. The van der Waals surface area contributed by atoms with E-state index in [1.807, 2.05) is 42.5 Å². The Balaban J connectivity index is 2.09. The predicted molar refractivity (Wildman–Crippen MR) is 75.8 cm³/mol. The van der Waals surface area contributed by atoms with E-state index in [0.29, 0.717) is 5.88 Å². The molecule has 4 heteroatoms. The van der Waals surface area contributed by atoms with Crippen molar-refractivity contribution in [3.8, 4) is 5.88 Å². The third kappa shape index (κ3) is 2.20. The van der Waals surface area contributed by atoms with Crippen LogP contribution in [0.5, 0.6) is 5.88 Å². The number of aromatic nitrogens is 2. The number of hydrogen-bond donors (Lipinski definition) is 1. The molecule has 2 heterocycles. The summed E-state index contributed by atoms with van der Waals surface area (Å²) >= 11 is 0. The monoisotopic (exact) mass is 251 g/mol. The van der Waals surface area contributed by atoms with E-state index in [-0.39, 0.29) is 0 Å². The third-order valence-corrected chi connectivity index (χ3v) is 2.87. The topological polar surface area (TPSA) is 47.0 Å². The van der Waals surface area contributed by atoms with Crippen molar-refractivity contribution >= 4 is 22.3 Å². The molecule has 0 aliphatic carbocycles. The lowest BCUT2D eigenvalue weighted by Gasteiger charge is -2.10. The van der Waals surface area contributed by atoms with E-state index >= 15 is 0 Å². The standard InChI is InChI=1S/C15H13N3O/c1-19-15-14-12(7-9-17-15)13(8-10-16-14)18-11-5-3-2-4-6-11/h2-10H,1H3,(H,16,18). The van der Waals surface area contributed by atoms with Crippen LogP contribution in [0.4, 0.5) is 11.4 Å². The van der Waals surface area contributed by atoms with Crippen molar-refractivity contribution in [3.05, 3.63) is 54.9 Å². The highest BCUT2D eigenvalue weighted by atomic mass is 16.5. The number of anilines is 2. The van der Waals surface area contributed by atoms with Crippen molar-refractivity contribution in [1.82, 2.24) is 9.97 Å². The molecule has 3 rings (SSSR count). The summed E-state index contributed by atoms with van der Waals surface area (Å²) in [6, 6.07) is 13.9. The van der Waals surface area contributed by atoms with Crippen LogP contribution in [0.25, 0.3) is 10.9 Å². The Labute approximate surface area is 111 Å². The van der Waals surface area contributed by atoms with Crippen molar-refractivity contribution in [3.63, 3.8) is 0 Å². The molecule has 19 heavy (non-hydrogen) atoms. The molecule has 1 aromatic carbocycles. The molecule has 3 aromatic rings. The van der Waals surface area contributed by atoms with Gasteiger partial charge in [-0.3, -0.25) is 4.98 Å². The first-order valence-electron chi connectivity index (χ1n) is 5.98. The Morgan fingerprint density at radius 1 is 0.947 bits per heavy atom. The number of benzene rings is 1. The fourth-order valence-corrected chi connectivity index (χ4v) is 1.99. The average molecular weight is 251 g/mol. The van der Waals surface area contributed by atoms with Crippen LogP contribution in [-0.4, -0.2) is 17.1 Å². The highest BCUT2D eigenvalue weighted by Gasteiger charge is 2.07. The Hall–Kier alpha value is -2.62. The summed E-state index contributed by atoms with van der Waals surface area (Å²) in [5, 5.41) is 4.36. The quantitative estimate of drug-likeness (QED) is 0.775. The van der Waals surface area contributed by atoms with Crippen molar-refractivity contribution in [2.75, 3.05) is 12.4 Å². The molecule has 0 saturated heterocycles. The van der Waals surface area contributed by atoms with Gasteiger partial charge in [0.15, 0.2) is 0 Å². The van der Waals surface area contributed by atoms with E-state index < -0.39 is 0 Å². The van der Waals surface area contributed by atoms with Gasteiger partial charge in [-0.25, -0.2) is 4.98 Å². The first-order chi connectivity index (χ1) is 9.38. The van der Waals surface area contributed by atoms with E-state index in [9.17, 15) is 0 Å². The van der Waals surface area contributed by atoms with Gasteiger partial charge < -0.3 is 10.1 Å². The van der Waals surface area contributed by atoms with Gasteiger partial charge in [0, 0.05) is 29.2 Å². The van der Waals surface area contributed by atoms with Gasteiger partial charge in [-0.2, -0.15) is 0 Å². The van der Waals surface area contributed by atoms with Crippen LogP contribution in [0.1, 0.15) is 0 Å². The molecule has 0 atom stereocenters. The minimum atomic E-state index is 0.536. The number of nitrogens with zero attached hydrogens (tertiary/aromatic N) is 2. The number of para-hydroxylation sites is 1. The summed E-state index contributed by atoms with van der Waals surface area (Å²) in [5.74, 6) is 0.536. The first-order valence-corrected chi connectivity index (χ1v) is 5.98. The van der Waals surface area contributed by atoms with Crippen LogP contribution in [0.3, 0.4) is 0 Å². The lowest BCUT2D eigenvalue weighted by Crippen LogP contribution is -1.95. The zero-order valence-electron chi connectivity index (χ0n) is 10.5. The lowest BCUT2D eigenvalue weighted by atomic mass is 10.2. The molecule has 0 aliphatic heterocycles. The van der Waals surface area contributed by atoms with Crippen LogP contribution in [0, 0.1) is 0 Å². The summed E-state index contributed by atoms with van der Waals surface area (Å²) < 4.78 is 5.23. The fraction of sp³-hybridized carbons (Fsp3) is 0.0667. The molecule has 1 N–H and O–H groups in total. The average Bonchev–Trinajstić information content (AvgIpc) is 2.48. The summed E-state index contributed by atoms with van der Waals surface area (Å²) in [7, 11) is 1.60. The fourth-order valence-electron chi connectivity index (χ4n) is 1.99. The number of rotatable bonds is 3. The van der Waals surface area contributed by atoms with Gasteiger partial charge in [0.1, 0.15) is 5.52 Å². The van der Waals surface area contributed by atoms with E-state index in [1.165, 1.54) is 0 Å². The second-order valence-electron chi connectivity index (χ2n) is 4.07. The Morgan fingerprint density at radius 3 is 2.53 bits per heavy atom. The number of methoxy groups -OCH3 is 1. The molecule has 4 nitrogen and oxygen atoms in total. The molecule has 0 bridgehead atoms. The Morgan fingerprint density at radius 2 is 1.74 bits per heavy atom. The van der Waals surface area contributed by atoms with Crippen LogP contribution < -0.4 is 10.1 Å². The number of hydrogen-bond acceptors (Lipinski definition) is 4. The lowest BCUT2D eigenvalue weighted by molar-refractivity contribution is 0.402. The van der Waals surface area contributed by atoms with Crippen molar-refractivity contribution in [1.29, 1.82) is 0 Å². The van der Waals surface area contributed by atoms with E-state index in [1.54, 1.807) is 19.5 Å². The minimum absolute atomic E-state index is 0.536. The van der Waals surface area contributed by atoms with Crippen molar-refractivity contribution in [2.24, 2.45) is 0 Å². The minimum Gasteiger partial charge on any atom is -0.479 e. The molecule has 0 saturated carbocycles. The molecule has 2 aromatic heterocycles. The number of ether oxygens (including phenoxy) is 1. The van der Waals surface area contributed by atoms with Crippen LogP contribution in [0.2, 0.25) is 0 Å². The number of pyridine rings is 2. The zero-order chi connectivity index (χ0) is 13.1. The van der Waals surface area contributed by atoms with E-state index in [0.717, 1.165) is 22.3 Å². The van der Waals surface area contributed by atoms with Crippen LogP contribution in [0.15, 0.2) is 54.9 Å². The van der Waals surface area contributed by atoms with E-state index in [2.05, 4.69) is 15.3 Å². The number of fused-ring (bicyclic) bond motifs is 1. The Kier molecular flexibility index (Phi) is 2.98. The molecule has 0 amide bonds. The largest absolute Gasteiger partial charge is 0.479 e. The normalized spacial score (nSPS) is 10.4. The third-order valence-electron chi connectivity index (χ3n) is 2.87. The number of nitrogens with one attached hydrogen (secondary N) is 1. The van der Waals surface area contributed by atoms with Crippen molar-refractivity contribution < 1.29 is 4.74 Å². The summed E-state index contributed by atoms with van der Waals surface area (Å²) in [6.45, 7) is 0. The maximum Gasteiger partial charge on any atom is 0.240 e. The summed E-state index contributed by atoms with van der Waals surface area (Å²) in [5.41, 5.74) is 2.77. The Bertz CT molecular complexity index is 698. The van der Waals surface area contributed by atoms with Crippen LogP contribution in [-0.2, 0) is 0 Å². The molecule has 0 fully saturated rings. The molecule has 0 unspecified atom stereocenters. The zero-order valence-corrected chi connectivity index (χ0v) is 10.5. The summed E-state index contributed by atoms with van der Waals surface area (Å²) in [4.78, 5) is 8.49. The van der Waals surface area contributed by atoms with Gasteiger partial charge in [-0.15, -0.1) is 0 Å². The SMILES string of the molecule is COc1nccc2c(Nc3ccccc3)ccnc12. The van der Waals surface area contributed by atoms with Crippen LogP contribution >= 0.6 is 0 Å². The maximum atomic E-state index is 5.23. The van der Waals surface area contributed by atoms with Gasteiger partial charge in [0.05, 0.1) is 7.11 Å². The maximum absolute atomic E-state index is 5.23. The predicted octanol–water partition coefficient (Wildman–Crippen LogP) is 3.38. The van der Waals surface area contributed by atoms with Gasteiger partial charge in [-0.1, -0.05) is 18.2 Å². The van der Waals surface area contributed by atoms with Gasteiger partial charge >= 0.3 is 0 Å². The molecular formula is C15H13N3O. The molecule has 94 valence electrons.